The van der Waals surface area contributed by atoms with E-state index >= 15 is 0 Å². The van der Waals surface area contributed by atoms with Crippen LogP contribution in [0.2, 0.25) is 0 Å². The van der Waals surface area contributed by atoms with Gasteiger partial charge in [0.2, 0.25) is 0 Å². The highest BCUT2D eigenvalue weighted by atomic mass is 16.7. The van der Waals surface area contributed by atoms with Gasteiger partial charge in [0.05, 0.1) is 0 Å². The van der Waals surface area contributed by atoms with Gasteiger partial charge in [-0.15, -0.1) is 0 Å². The van der Waals surface area contributed by atoms with Crippen LogP contribution in [-0.2, 0) is 9.53 Å². The van der Waals surface area contributed by atoms with Crippen LogP contribution in [0.3, 0.4) is 0 Å². The maximum absolute atomic E-state index is 11.0. The van der Waals surface area contributed by atoms with Crippen molar-refractivity contribution in [3.63, 3.8) is 0 Å². The van der Waals surface area contributed by atoms with Crippen LogP contribution in [0.25, 0.3) is 0 Å². The zero-order chi connectivity index (χ0) is 17.2. The van der Waals surface area contributed by atoms with E-state index in [2.05, 4.69) is 11.7 Å². The van der Waals surface area contributed by atoms with E-state index in [0.29, 0.717) is 0 Å². The second-order valence-corrected chi connectivity index (χ2v) is 6.52. The first-order valence-corrected chi connectivity index (χ1v) is 9.72. The Hall–Kier alpha value is -0.650. The normalized spacial score (nSPS) is 10.7. The van der Waals surface area contributed by atoms with Gasteiger partial charge < -0.3 is 21.1 Å². The lowest BCUT2D eigenvalue weighted by Gasteiger charge is -2.05. The summed E-state index contributed by atoms with van der Waals surface area (Å²) in [4.78, 5) is 11.0. The van der Waals surface area contributed by atoms with E-state index in [9.17, 15) is 4.79 Å². The Bertz CT molecular complexity index is 260. The summed E-state index contributed by atoms with van der Waals surface area (Å²) < 4.78 is 4.24. The summed E-state index contributed by atoms with van der Waals surface area (Å²) in [5.41, 5.74) is 0. The van der Waals surface area contributed by atoms with E-state index in [0.717, 1.165) is 19.3 Å². The molecule has 0 atom stereocenters. The van der Waals surface area contributed by atoms with Gasteiger partial charge in [0.25, 0.3) is 0 Å². The fraction of sp³-hybridized carbons (Fsp3) is 0.947. The minimum atomic E-state index is -1.97. The lowest BCUT2D eigenvalue weighted by molar-refractivity contribution is -0.229. The first kappa shape index (κ1) is 25.6. The Morgan fingerprint density at radius 2 is 1.04 bits per heavy atom. The third-order valence-electron chi connectivity index (χ3n) is 4.22. The van der Waals surface area contributed by atoms with Gasteiger partial charge in [-0.25, -0.2) is 0 Å². The molecular weight excluding hydrogens is 306 g/mol. The molecule has 5 nitrogen and oxygen atoms in total. The third-order valence-corrected chi connectivity index (χ3v) is 4.22. The average Bonchev–Trinajstić information content (AvgIpc) is 2.50. The molecule has 146 valence electrons. The van der Waals surface area contributed by atoms with Crippen LogP contribution in [0.5, 0.6) is 0 Å². The smallest absolute Gasteiger partial charge is 0.313 e. The largest absolute Gasteiger partial charge is 0.411 e. The van der Waals surface area contributed by atoms with Gasteiger partial charge in [-0.3, -0.25) is 4.79 Å². The minimum Gasteiger partial charge on any atom is -0.411 e. The third kappa shape index (κ3) is 21.4. The zero-order valence-corrected chi connectivity index (χ0v) is 15.8. The number of carbonyl (C=O) groups is 1. The second kappa shape index (κ2) is 20.4. The molecule has 0 aromatic heterocycles. The molecule has 0 aliphatic heterocycles. The van der Waals surface area contributed by atoms with Crippen LogP contribution in [0.15, 0.2) is 0 Å². The van der Waals surface area contributed by atoms with Gasteiger partial charge in [-0.1, -0.05) is 96.8 Å². The molecule has 5 N–H and O–H groups in total. The Kier molecular flexibility index (Phi) is 21.7. The van der Waals surface area contributed by atoms with Gasteiger partial charge >= 0.3 is 12.4 Å². The van der Waals surface area contributed by atoms with Crippen LogP contribution < -0.4 is 6.15 Å². The fourth-order valence-electron chi connectivity index (χ4n) is 2.82. The Morgan fingerprint density at radius 3 is 1.38 bits per heavy atom. The first-order valence-electron chi connectivity index (χ1n) is 9.72. The monoisotopic (exact) mass is 347 g/mol. The number of rotatable bonds is 17. The Morgan fingerprint density at radius 1 is 0.708 bits per heavy atom. The van der Waals surface area contributed by atoms with E-state index in [1.54, 1.807) is 0 Å². The van der Waals surface area contributed by atoms with Gasteiger partial charge in [0.15, 0.2) is 0 Å². The van der Waals surface area contributed by atoms with Crippen molar-refractivity contribution < 1.29 is 19.7 Å². The van der Waals surface area contributed by atoms with E-state index in [4.69, 9.17) is 10.2 Å². The molecule has 0 heterocycles. The molecule has 5 heteroatoms. The summed E-state index contributed by atoms with van der Waals surface area (Å²) in [6.45, 7) is 0.287. The Labute approximate surface area is 148 Å². The molecule has 0 saturated heterocycles. The van der Waals surface area contributed by atoms with Crippen molar-refractivity contribution in [3.05, 3.63) is 0 Å². The van der Waals surface area contributed by atoms with Crippen LogP contribution in [0.4, 0.5) is 0 Å². The molecular formula is C19H41NO4. The van der Waals surface area contributed by atoms with Crippen LogP contribution in [-0.4, -0.2) is 22.7 Å². The second-order valence-electron chi connectivity index (χ2n) is 6.52. The van der Waals surface area contributed by atoms with Crippen LogP contribution in [0, 0.1) is 0 Å². The van der Waals surface area contributed by atoms with Crippen molar-refractivity contribution in [1.29, 1.82) is 0 Å². The summed E-state index contributed by atoms with van der Waals surface area (Å²) >= 11 is 0. The van der Waals surface area contributed by atoms with Crippen molar-refractivity contribution >= 4 is 5.97 Å². The van der Waals surface area contributed by atoms with Crippen LogP contribution >= 0.6 is 0 Å². The molecule has 24 heavy (non-hydrogen) atoms. The van der Waals surface area contributed by atoms with Crippen molar-refractivity contribution in [2.75, 3.05) is 0 Å². The molecule has 0 fully saturated rings. The number of hydrogen-bond donors (Lipinski definition) is 3. The molecule has 0 aliphatic carbocycles. The standard InChI is InChI=1S/C19H38O4.H3N/c1-2-3-4-5-6-7-8-9-10-11-12-13-14-15-16-17-18(20)23-19(21)22;/h19,21-22H,2-17H2,1H3;1H3. The molecule has 0 unspecified atom stereocenters. The average molecular weight is 348 g/mol. The van der Waals surface area contributed by atoms with Gasteiger partial charge in [0, 0.05) is 6.42 Å². The Balaban J connectivity index is 0. The predicted octanol–water partition coefficient (Wildman–Crippen LogP) is 5.22. The highest BCUT2D eigenvalue weighted by Gasteiger charge is 2.06. The fourth-order valence-corrected chi connectivity index (χ4v) is 2.82. The molecule has 0 spiro atoms. The first-order chi connectivity index (χ1) is 11.2. The summed E-state index contributed by atoms with van der Waals surface area (Å²) in [5.74, 6) is -0.533. The summed E-state index contributed by atoms with van der Waals surface area (Å²) in [6.07, 6.45) is 19.5. The number of hydrogen-bond acceptors (Lipinski definition) is 5. The van der Waals surface area contributed by atoms with E-state index in [1.807, 2.05) is 0 Å². The molecule has 0 saturated carbocycles. The summed E-state index contributed by atoms with van der Waals surface area (Å²) in [7, 11) is 0. The predicted molar refractivity (Wildman–Crippen MR) is 98.9 cm³/mol. The molecule has 0 rings (SSSR count). The van der Waals surface area contributed by atoms with E-state index in [-0.39, 0.29) is 12.6 Å². The zero-order valence-electron chi connectivity index (χ0n) is 15.8. The summed E-state index contributed by atoms with van der Waals surface area (Å²) in [5, 5.41) is 16.9. The lowest BCUT2D eigenvalue weighted by Crippen LogP contribution is -2.16. The number of unbranched alkanes of at least 4 members (excludes halogenated alkanes) is 14. The number of aliphatic hydroxyl groups is 2. The molecule has 0 aromatic rings. The molecule has 0 aliphatic rings. The molecule has 0 amide bonds. The van der Waals surface area contributed by atoms with Crippen molar-refractivity contribution in [2.45, 2.75) is 116 Å². The maximum atomic E-state index is 11.0. The van der Waals surface area contributed by atoms with Crippen molar-refractivity contribution in [3.8, 4) is 0 Å². The van der Waals surface area contributed by atoms with Crippen molar-refractivity contribution in [2.24, 2.45) is 0 Å². The number of ether oxygens (including phenoxy) is 1. The summed E-state index contributed by atoms with van der Waals surface area (Å²) in [6, 6.07) is 0. The number of carbonyl (C=O) groups excluding carboxylic acids is 1. The highest BCUT2D eigenvalue weighted by molar-refractivity contribution is 5.69. The SMILES string of the molecule is CCCCCCCCCCCCCCCCCC(=O)OC(O)O.N. The minimum absolute atomic E-state index is 0. The van der Waals surface area contributed by atoms with Gasteiger partial charge in [-0.2, -0.15) is 0 Å². The van der Waals surface area contributed by atoms with Gasteiger partial charge in [-0.05, 0) is 6.42 Å². The van der Waals surface area contributed by atoms with Crippen molar-refractivity contribution in [1.82, 2.24) is 6.15 Å². The molecule has 0 aromatic carbocycles. The quantitative estimate of drug-likeness (QED) is 0.190. The number of aliphatic hydroxyl groups excluding tert-OH is 1. The van der Waals surface area contributed by atoms with E-state index < -0.39 is 12.4 Å². The van der Waals surface area contributed by atoms with Crippen LogP contribution in [0.1, 0.15) is 110 Å². The van der Waals surface area contributed by atoms with E-state index in [1.165, 1.54) is 77.0 Å². The highest BCUT2D eigenvalue weighted by Crippen LogP contribution is 2.13. The lowest BCUT2D eigenvalue weighted by atomic mass is 10.0. The topological polar surface area (TPSA) is 102 Å². The molecule has 0 radical (unpaired) electrons. The number of esters is 1. The van der Waals surface area contributed by atoms with Gasteiger partial charge in [0.1, 0.15) is 0 Å². The maximum Gasteiger partial charge on any atom is 0.313 e. The molecule has 0 bridgehead atoms.